The van der Waals surface area contributed by atoms with Crippen molar-refractivity contribution in [2.24, 2.45) is 11.8 Å². The summed E-state index contributed by atoms with van der Waals surface area (Å²) in [6.45, 7) is 4.25. The van der Waals surface area contributed by atoms with E-state index in [4.69, 9.17) is 0 Å². The summed E-state index contributed by atoms with van der Waals surface area (Å²) in [4.78, 5) is 16.3. The van der Waals surface area contributed by atoms with Crippen molar-refractivity contribution >= 4 is 32.6 Å². The summed E-state index contributed by atoms with van der Waals surface area (Å²) in [7, 11) is 0. The fourth-order valence-electron chi connectivity index (χ4n) is 2.13. The number of nitrogens with zero attached hydrogens (tertiary/aromatic N) is 1. The summed E-state index contributed by atoms with van der Waals surface area (Å²) in [6.07, 6.45) is 2.03. The molecule has 1 aliphatic rings. The summed E-state index contributed by atoms with van der Waals surface area (Å²) in [6, 6.07) is 6.28. The van der Waals surface area contributed by atoms with Crippen LogP contribution in [0.25, 0.3) is 10.2 Å². The molecule has 0 spiro atoms. The van der Waals surface area contributed by atoms with E-state index in [1.54, 1.807) is 11.3 Å². The molecule has 1 fully saturated rings. The van der Waals surface area contributed by atoms with Crippen LogP contribution in [0.1, 0.15) is 25.8 Å². The molecule has 1 saturated carbocycles. The number of aryl methyl sites for hydroxylation is 1. The molecule has 3 rings (SSSR count). The van der Waals surface area contributed by atoms with Gasteiger partial charge in [-0.2, -0.15) is 0 Å². The Labute approximate surface area is 110 Å². The predicted octanol–water partition coefficient (Wildman–Crippen LogP) is 3.45. The Morgan fingerprint density at radius 1 is 1.56 bits per heavy atom. The van der Waals surface area contributed by atoms with Crippen molar-refractivity contribution in [1.82, 2.24) is 4.98 Å². The second kappa shape index (κ2) is 4.35. The number of rotatable bonds is 3. The van der Waals surface area contributed by atoms with Crippen molar-refractivity contribution in [1.29, 1.82) is 0 Å². The molecular formula is C14H16N2OS. The minimum absolute atomic E-state index is 0.122. The van der Waals surface area contributed by atoms with E-state index < -0.39 is 0 Å². The molecule has 18 heavy (non-hydrogen) atoms. The van der Waals surface area contributed by atoms with E-state index in [0.717, 1.165) is 28.2 Å². The number of amides is 1. The molecule has 1 heterocycles. The highest BCUT2D eigenvalue weighted by molar-refractivity contribution is 7.22. The Bertz CT molecular complexity index is 605. The number of nitrogens with one attached hydrogen (secondary N) is 1. The normalized spacial score (nSPS) is 22.1. The van der Waals surface area contributed by atoms with Crippen molar-refractivity contribution in [2.75, 3.05) is 5.32 Å². The highest BCUT2D eigenvalue weighted by Gasteiger charge is 2.39. The minimum atomic E-state index is 0.122. The lowest BCUT2D eigenvalue weighted by atomic mass is 10.2. The number of hydrogen-bond donors (Lipinski definition) is 1. The molecule has 0 saturated heterocycles. The zero-order valence-electron chi connectivity index (χ0n) is 10.6. The Morgan fingerprint density at radius 2 is 2.33 bits per heavy atom. The summed E-state index contributed by atoms with van der Waals surface area (Å²) >= 11 is 1.56. The predicted molar refractivity (Wildman–Crippen MR) is 74.9 cm³/mol. The number of thiazole rings is 1. The highest BCUT2D eigenvalue weighted by atomic mass is 32.1. The smallest absolute Gasteiger partial charge is 0.229 e. The molecule has 0 aliphatic heterocycles. The molecule has 3 nitrogen and oxygen atoms in total. The monoisotopic (exact) mass is 260 g/mol. The lowest BCUT2D eigenvalue weighted by molar-refractivity contribution is -0.117. The van der Waals surface area contributed by atoms with E-state index >= 15 is 0 Å². The van der Waals surface area contributed by atoms with Gasteiger partial charge in [-0.3, -0.25) is 4.79 Å². The van der Waals surface area contributed by atoms with Gasteiger partial charge in [0.1, 0.15) is 0 Å². The molecule has 1 amide bonds. The lowest BCUT2D eigenvalue weighted by Gasteiger charge is -1.97. The van der Waals surface area contributed by atoms with E-state index in [9.17, 15) is 4.79 Å². The highest BCUT2D eigenvalue weighted by Crippen LogP contribution is 2.39. The van der Waals surface area contributed by atoms with Gasteiger partial charge in [-0.25, -0.2) is 4.98 Å². The number of fused-ring (bicyclic) bond motifs is 1. The van der Waals surface area contributed by atoms with Crippen LogP contribution in [0.4, 0.5) is 5.13 Å². The Balaban J connectivity index is 1.82. The van der Waals surface area contributed by atoms with E-state index in [-0.39, 0.29) is 11.8 Å². The van der Waals surface area contributed by atoms with Gasteiger partial charge in [0.05, 0.1) is 10.2 Å². The molecule has 1 aromatic carbocycles. The van der Waals surface area contributed by atoms with Crippen molar-refractivity contribution in [2.45, 2.75) is 26.7 Å². The maximum absolute atomic E-state index is 11.8. The largest absolute Gasteiger partial charge is 0.302 e. The van der Waals surface area contributed by atoms with E-state index in [0.29, 0.717) is 5.92 Å². The minimum Gasteiger partial charge on any atom is -0.302 e. The number of carbonyl (C=O) groups excluding carboxylic acids is 1. The van der Waals surface area contributed by atoms with Crippen LogP contribution < -0.4 is 5.32 Å². The Hall–Kier alpha value is -1.42. The maximum atomic E-state index is 11.8. The number of hydrogen-bond acceptors (Lipinski definition) is 3. The average molecular weight is 260 g/mol. The third-order valence-electron chi connectivity index (χ3n) is 3.54. The van der Waals surface area contributed by atoms with Crippen LogP contribution in [0.5, 0.6) is 0 Å². The Morgan fingerprint density at radius 3 is 3.00 bits per heavy atom. The first-order valence-electron chi connectivity index (χ1n) is 6.37. The van der Waals surface area contributed by atoms with E-state index in [1.165, 1.54) is 5.56 Å². The Kier molecular flexibility index (Phi) is 2.82. The van der Waals surface area contributed by atoms with Crippen LogP contribution in [0.15, 0.2) is 18.2 Å². The van der Waals surface area contributed by atoms with Crippen LogP contribution in [0, 0.1) is 11.8 Å². The lowest BCUT2D eigenvalue weighted by Crippen LogP contribution is -2.14. The fourth-order valence-corrected chi connectivity index (χ4v) is 3.06. The molecule has 2 aromatic rings. The van der Waals surface area contributed by atoms with Gasteiger partial charge in [0.15, 0.2) is 5.13 Å². The van der Waals surface area contributed by atoms with Crippen molar-refractivity contribution in [3.8, 4) is 0 Å². The first-order valence-corrected chi connectivity index (χ1v) is 7.19. The molecule has 0 unspecified atom stereocenters. The zero-order chi connectivity index (χ0) is 12.7. The quantitative estimate of drug-likeness (QED) is 0.918. The van der Waals surface area contributed by atoms with Gasteiger partial charge < -0.3 is 5.32 Å². The summed E-state index contributed by atoms with van der Waals surface area (Å²) in [5.41, 5.74) is 2.27. The molecule has 1 aliphatic carbocycles. The number of aromatic nitrogens is 1. The fraction of sp³-hybridized carbons (Fsp3) is 0.429. The van der Waals surface area contributed by atoms with Gasteiger partial charge in [0, 0.05) is 5.92 Å². The van der Waals surface area contributed by atoms with Crippen molar-refractivity contribution < 1.29 is 4.79 Å². The molecule has 1 N–H and O–H groups in total. The first kappa shape index (κ1) is 11.7. The number of carbonyl (C=O) groups is 1. The van der Waals surface area contributed by atoms with E-state index in [1.807, 2.05) is 6.07 Å². The second-order valence-electron chi connectivity index (χ2n) is 4.98. The summed E-state index contributed by atoms with van der Waals surface area (Å²) in [5, 5.41) is 3.65. The van der Waals surface area contributed by atoms with Crippen molar-refractivity contribution in [3.63, 3.8) is 0 Å². The zero-order valence-corrected chi connectivity index (χ0v) is 11.4. The first-order chi connectivity index (χ1) is 8.67. The SMILES string of the molecule is CCc1ccc2nc(NC(=O)[C@H]3C[C@@H]3C)sc2c1. The number of benzene rings is 1. The van der Waals surface area contributed by atoms with Crippen LogP contribution in [0.2, 0.25) is 0 Å². The third kappa shape index (κ3) is 2.12. The van der Waals surface area contributed by atoms with Gasteiger partial charge in [0.2, 0.25) is 5.91 Å². The molecule has 0 bridgehead atoms. The summed E-state index contributed by atoms with van der Waals surface area (Å²) < 4.78 is 1.15. The van der Waals surface area contributed by atoms with Crippen molar-refractivity contribution in [3.05, 3.63) is 23.8 Å². The molecular weight excluding hydrogens is 244 g/mol. The van der Waals surface area contributed by atoms with Crippen LogP contribution in [-0.2, 0) is 11.2 Å². The number of anilines is 1. The van der Waals surface area contributed by atoms with E-state index in [2.05, 4.69) is 36.3 Å². The van der Waals surface area contributed by atoms with Crippen LogP contribution >= 0.6 is 11.3 Å². The van der Waals surface area contributed by atoms with Gasteiger partial charge in [-0.15, -0.1) is 0 Å². The molecule has 0 radical (unpaired) electrons. The van der Waals surface area contributed by atoms with Gasteiger partial charge in [-0.1, -0.05) is 31.3 Å². The second-order valence-corrected chi connectivity index (χ2v) is 6.01. The third-order valence-corrected chi connectivity index (χ3v) is 4.47. The van der Waals surface area contributed by atoms with Gasteiger partial charge in [-0.05, 0) is 36.5 Å². The molecule has 2 atom stereocenters. The molecule has 1 aromatic heterocycles. The summed E-state index contributed by atoms with van der Waals surface area (Å²) in [5.74, 6) is 0.853. The molecule has 4 heteroatoms. The van der Waals surface area contributed by atoms with Gasteiger partial charge >= 0.3 is 0 Å². The molecule has 94 valence electrons. The van der Waals surface area contributed by atoms with Gasteiger partial charge in [0.25, 0.3) is 0 Å². The van der Waals surface area contributed by atoms with Crippen LogP contribution in [0.3, 0.4) is 0 Å². The van der Waals surface area contributed by atoms with Crippen LogP contribution in [-0.4, -0.2) is 10.9 Å². The average Bonchev–Trinajstić information content (AvgIpc) is 2.96. The standard InChI is InChI=1S/C14H16N2OS/c1-3-9-4-5-11-12(7-9)18-14(15-11)16-13(17)10-6-8(10)2/h4-5,7-8,10H,3,6H2,1-2H3,(H,15,16,17)/t8-,10-/m0/s1. The topological polar surface area (TPSA) is 42.0 Å². The maximum Gasteiger partial charge on any atom is 0.229 e.